The molecule has 1 aliphatic carbocycles. The van der Waals surface area contributed by atoms with Gasteiger partial charge in [0.15, 0.2) is 25.6 Å². The first-order valence-corrected chi connectivity index (χ1v) is 10.9. The molecule has 0 aromatic heterocycles. The Labute approximate surface area is 131 Å². The van der Waals surface area contributed by atoms with Gasteiger partial charge in [-0.3, -0.25) is 9.59 Å². The Hall–Kier alpha value is -1.72. The molecular weight excluding hydrogens is 296 g/mol. The molecule has 0 radical (unpaired) electrons. The van der Waals surface area contributed by atoms with Crippen LogP contribution in [0, 0.1) is 0 Å². The minimum atomic E-state index is -1.83. The fourth-order valence-corrected chi connectivity index (χ4v) is 4.52. The Balaban J connectivity index is 1.99. The summed E-state index contributed by atoms with van der Waals surface area (Å²) in [7, 11) is -1.83. The molecule has 0 spiro atoms. The van der Waals surface area contributed by atoms with E-state index < -0.39 is 14.1 Å². The largest absolute Gasteiger partial charge is 0.459 e. The van der Waals surface area contributed by atoms with E-state index in [1.165, 1.54) is 0 Å². The summed E-state index contributed by atoms with van der Waals surface area (Å²) in [5.41, 5.74) is 1.38. The monoisotopic (exact) mass is 316 g/mol. The first-order chi connectivity index (χ1) is 10.2. The first-order valence-electron chi connectivity index (χ1n) is 7.51. The van der Waals surface area contributed by atoms with E-state index in [0.29, 0.717) is 29.5 Å². The summed E-state index contributed by atoms with van der Waals surface area (Å²) >= 11 is 0. The average molecular weight is 316 g/mol. The molecule has 5 heteroatoms. The lowest BCUT2D eigenvalue weighted by Gasteiger charge is -2.41. The van der Waals surface area contributed by atoms with Crippen molar-refractivity contribution in [1.82, 2.24) is 0 Å². The molecule has 22 heavy (non-hydrogen) atoms. The predicted octanol–water partition coefficient (Wildman–Crippen LogP) is 3.70. The molecule has 116 valence electrons. The minimum absolute atomic E-state index is 0.0970. The molecule has 1 aromatic carbocycles. The summed E-state index contributed by atoms with van der Waals surface area (Å²) in [5.74, 6) is -0.961. The van der Waals surface area contributed by atoms with Crippen LogP contribution in [0.4, 0.5) is 0 Å². The van der Waals surface area contributed by atoms with E-state index in [4.69, 9.17) is 9.16 Å². The highest BCUT2D eigenvalue weighted by molar-refractivity contribution is 6.69. The second-order valence-corrected chi connectivity index (χ2v) is 11.4. The van der Waals surface area contributed by atoms with Gasteiger partial charge in [0.25, 0.3) is 0 Å². The molecule has 0 amide bonds. The summed E-state index contributed by atoms with van der Waals surface area (Å²) in [6.07, 6.45) is 1.09. The Kier molecular flexibility index (Phi) is 3.38. The SMILES string of the molecule is CC1(O[Si](C)(C)C)CCC2=C(O1)C(=O)c1ccccc1C2=O. The zero-order valence-electron chi connectivity index (χ0n) is 13.4. The highest BCUT2D eigenvalue weighted by Gasteiger charge is 2.44. The van der Waals surface area contributed by atoms with Gasteiger partial charge in [0.1, 0.15) is 0 Å². The maximum atomic E-state index is 12.7. The highest BCUT2D eigenvalue weighted by Crippen LogP contribution is 2.40. The number of allylic oxidation sites excluding steroid dienone is 2. The van der Waals surface area contributed by atoms with Gasteiger partial charge in [-0.1, -0.05) is 24.3 Å². The van der Waals surface area contributed by atoms with Gasteiger partial charge in [-0.05, 0) is 26.1 Å². The first kappa shape index (κ1) is 15.2. The van der Waals surface area contributed by atoms with Crippen molar-refractivity contribution in [3.63, 3.8) is 0 Å². The van der Waals surface area contributed by atoms with E-state index in [-0.39, 0.29) is 17.3 Å². The van der Waals surface area contributed by atoms with Gasteiger partial charge in [-0.25, -0.2) is 0 Å². The standard InChI is InChI=1S/C17H20O4Si/c1-17(21-22(2,3)4)10-9-13-14(18)11-7-5-6-8-12(11)15(19)16(13)20-17/h5-8H,9-10H2,1-4H3. The summed E-state index contributed by atoms with van der Waals surface area (Å²) < 4.78 is 12.0. The average Bonchev–Trinajstić information content (AvgIpc) is 2.42. The van der Waals surface area contributed by atoms with E-state index >= 15 is 0 Å². The van der Waals surface area contributed by atoms with Crippen molar-refractivity contribution < 1.29 is 18.8 Å². The number of Topliss-reactive ketones (excluding diaryl/α,β-unsaturated/α-hetero) is 2. The van der Waals surface area contributed by atoms with Crippen molar-refractivity contribution in [1.29, 1.82) is 0 Å². The lowest BCUT2D eigenvalue weighted by atomic mass is 9.84. The van der Waals surface area contributed by atoms with Crippen molar-refractivity contribution in [2.24, 2.45) is 0 Å². The second kappa shape index (κ2) is 4.89. The maximum absolute atomic E-state index is 12.7. The number of hydrogen-bond acceptors (Lipinski definition) is 4. The Bertz CT molecular complexity index is 699. The van der Waals surface area contributed by atoms with Crippen molar-refractivity contribution >= 4 is 19.9 Å². The zero-order chi connectivity index (χ0) is 16.1. The molecule has 1 atom stereocenters. The molecule has 1 aromatic rings. The number of benzene rings is 1. The van der Waals surface area contributed by atoms with Crippen LogP contribution in [0.5, 0.6) is 0 Å². The lowest BCUT2D eigenvalue weighted by Crippen LogP contribution is -2.46. The molecule has 3 rings (SSSR count). The molecule has 0 saturated carbocycles. The van der Waals surface area contributed by atoms with Crippen LogP contribution in [0.15, 0.2) is 35.6 Å². The van der Waals surface area contributed by atoms with Crippen LogP contribution in [0.25, 0.3) is 0 Å². The molecule has 2 aliphatic rings. The minimum Gasteiger partial charge on any atom is -0.459 e. The third-order valence-corrected chi connectivity index (χ3v) is 4.88. The van der Waals surface area contributed by atoms with Crippen molar-refractivity contribution in [2.75, 3.05) is 0 Å². The summed E-state index contributed by atoms with van der Waals surface area (Å²) in [6, 6.07) is 6.91. The number of carbonyl (C=O) groups excluding carboxylic acids is 2. The maximum Gasteiger partial charge on any atom is 0.228 e. The van der Waals surface area contributed by atoms with Crippen LogP contribution in [-0.2, 0) is 9.16 Å². The topological polar surface area (TPSA) is 52.6 Å². The van der Waals surface area contributed by atoms with E-state index in [1.54, 1.807) is 24.3 Å². The molecule has 1 aliphatic heterocycles. The fourth-order valence-electron chi connectivity index (χ4n) is 3.08. The molecule has 0 N–H and O–H groups in total. The summed E-state index contributed by atoms with van der Waals surface area (Å²) in [5, 5.41) is 0. The number of hydrogen-bond donors (Lipinski definition) is 0. The summed E-state index contributed by atoms with van der Waals surface area (Å²) in [6.45, 7) is 8.09. The Morgan fingerprint density at radius 1 is 1.09 bits per heavy atom. The molecule has 1 unspecified atom stereocenters. The van der Waals surface area contributed by atoms with Crippen LogP contribution < -0.4 is 0 Å². The fraction of sp³-hybridized carbons (Fsp3) is 0.412. The van der Waals surface area contributed by atoms with Crippen LogP contribution in [0.1, 0.15) is 40.5 Å². The molecular formula is C17H20O4Si. The van der Waals surface area contributed by atoms with Crippen molar-refractivity contribution in [3.8, 4) is 0 Å². The third-order valence-electron chi connectivity index (χ3n) is 3.84. The normalized spacial score (nSPS) is 24.7. The molecule has 1 heterocycles. The highest BCUT2D eigenvalue weighted by atomic mass is 28.4. The van der Waals surface area contributed by atoms with Gasteiger partial charge in [0.05, 0.1) is 0 Å². The van der Waals surface area contributed by atoms with E-state index in [1.807, 2.05) is 6.92 Å². The quantitative estimate of drug-likeness (QED) is 0.781. The second-order valence-electron chi connectivity index (χ2n) is 6.96. The van der Waals surface area contributed by atoms with E-state index in [0.717, 1.165) is 0 Å². The number of ketones is 2. The van der Waals surface area contributed by atoms with Crippen LogP contribution in [-0.4, -0.2) is 25.7 Å². The van der Waals surface area contributed by atoms with Gasteiger partial charge < -0.3 is 9.16 Å². The van der Waals surface area contributed by atoms with Crippen LogP contribution in [0.2, 0.25) is 19.6 Å². The smallest absolute Gasteiger partial charge is 0.228 e. The van der Waals surface area contributed by atoms with Gasteiger partial charge >= 0.3 is 0 Å². The van der Waals surface area contributed by atoms with Gasteiger partial charge in [-0.15, -0.1) is 0 Å². The van der Waals surface area contributed by atoms with Gasteiger partial charge in [0, 0.05) is 30.0 Å². The predicted molar refractivity (Wildman–Crippen MR) is 85.3 cm³/mol. The molecule has 4 nitrogen and oxygen atoms in total. The van der Waals surface area contributed by atoms with Gasteiger partial charge in [0.2, 0.25) is 5.78 Å². The molecule has 0 fully saturated rings. The lowest BCUT2D eigenvalue weighted by molar-refractivity contribution is -0.156. The number of rotatable bonds is 2. The van der Waals surface area contributed by atoms with Crippen LogP contribution >= 0.6 is 0 Å². The van der Waals surface area contributed by atoms with Gasteiger partial charge in [-0.2, -0.15) is 0 Å². The third kappa shape index (κ3) is 2.55. The Morgan fingerprint density at radius 3 is 2.27 bits per heavy atom. The summed E-state index contributed by atoms with van der Waals surface area (Å²) in [4.78, 5) is 25.2. The molecule has 0 saturated heterocycles. The molecule has 0 bridgehead atoms. The Morgan fingerprint density at radius 2 is 1.68 bits per heavy atom. The number of ether oxygens (including phenoxy) is 1. The number of fused-ring (bicyclic) bond motifs is 1. The van der Waals surface area contributed by atoms with E-state index in [9.17, 15) is 9.59 Å². The van der Waals surface area contributed by atoms with E-state index in [2.05, 4.69) is 19.6 Å². The van der Waals surface area contributed by atoms with Crippen LogP contribution in [0.3, 0.4) is 0 Å². The number of carbonyl (C=O) groups is 2. The van der Waals surface area contributed by atoms with Crippen molar-refractivity contribution in [2.45, 2.75) is 45.2 Å². The zero-order valence-corrected chi connectivity index (χ0v) is 14.4. The van der Waals surface area contributed by atoms with Crippen molar-refractivity contribution in [3.05, 3.63) is 46.7 Å².